The molecule has 1 aliphatic rings. The van der Waals surface area contributed by atoms with Gasteiger partial charge in [0, 0.05) is 6.54 Å². The van der Waals surface area contributed by atoms with Crippen LogP contribution in [-0.2, 0) is 16.0 Å². The lowest BCUT2D eigenvalue weighted by Crippen LogP contribution is -2.50. The monoisotopic (exact) mass is 293 g/mol. The van der Waals surface area contributed by atoms with Crippen LogP contribution >= 0.6 is 0 Å². The lowest BCUT2D eigenvalue weighted by molar-refractivity contribution is -0.138. The van der Waals surface area contributed by atoms with Gasteiger partial charge in [-0.15, -0.1) is 0 Å². The van der Waals surface area contributed by atoms with Crippen LogP contribution in [0.5, 0.6) is 11.5 Å². The van der Waals surface area contributed by atoms with E-state index < -0.39 is 18.0 Å². The fraction of sp³-hybridized carbons (Fsp3) is 0.429. The molecule has 2 atom stereocenters. The molecule has 21 heavy (non-hydrogen) atoms. The van der Waals surface area contributed by atoms with Gasteiger partial charge in [-0.25, -0.2) is 0 Å². The molecular formula is C14H19N3O4. The second-order valence-electron chi connectivity index (χ2n) is 5.23. The maximum Gasteiger partial charge on any atom is 0.240 e. The van der Waals surface area contributed by atoms with Crippen molar-refractivity contribution in [1.82, 2.24) is 4.90 Å². The molecule has 1 aromatic carbocycles. The van der Waals surface area contributed by atoms with Crippen LogP contribution in [0.1, 0.15) is 18.4 Å². The van der Waals surface area contributed by atoms with Crippen molar-refractivity contribution in [2.75, 3.05) is 6.54 Å². The molecule has 0 bridgehead atoms. The average molecular weight is 293 g/mol. The largest absolute Gasteiger partial charge is 0.504 e. The number of carbonyl (C=O) groups excluding carboxylic acids is 2. The van der Waals surface area contributed by atoms with Gasteiger partial charge in [-0.3, -0.25) is 9.59 Å². The average Bonchev–Trinajstić information content (AvgIpc) is 2.91. The maximum atomic E-state index is 12.3. The molecule has 2 rings (SSSR count). The summed E-state index contributed by atoms with van der Waals surface area (Å²) in [4.78, 5) is 25.0. The van der Waals surface area contributed by atoms with E-state index in [-0.39, 0.29) is 23.8 Å². The molecular weight excluding hydrogens is 274 g/mol. The van der Waals surface area contributed by atoms with Crippen LogP contribution in [-0.4, -0.2) is 45.6 Å². The maximum absolute atomic E-state index is 12.3. The van der Waals surface area contributed by atoms with Crippen molar-refractivity contribution >= 4 is 11.8 Å². The van der Waals surface area contributed by atoms with E-state index in [1.54, 1.807) is 6.07 Å². The number of hydrogen-bond acceptors (Lipinski definition) is 5. The minimum Gasteiger partial charge on any atom is -0.504 e. The Morgan fingerprint density at radius 3 is 2.67 bits per heavy atom. The topological polar surface area (TPSA) is 130 Å². The van der Waals surface area contributed by atoms with Gasteiger partial charge >= 0.3 is 0 Å². The number of phenolic OH excluding ortho intramolecular Hbond substituents is 2. The predicted octanol–water partition coefficient (Wildman–Crippen LogP) is -0.556. The molecule has 0 saturated carbocycles. The number of aromatic hydroxyl groups is 2. The Bertz CT molecular complexity index is 561. The first-order valence-electron chi connectivity index (χ1n) is 6.76. The van der Waals surface area contributed by atoms with Crippen molar-refractivity contribution in [3.8, 4) is 11.5 Å². The molecule has 0 spiro atoms. The van der Waals surface area contributed by atoms with Crippen LogP contribution < -0.4 is 11.5 Å². The Morgan fingerprint density at radius 1 is 1.33 bits per heavy atom. The highest BCUT2D eigenvalue weighted by Crippen LogP contribution is 2.25. The van der Waals surface area contributed by atoms with Gasteiger partial charge in [0.2, 0.25) is 11.8 Å². The summed E-state index contributed by atoms with van der Waals surface area (Å²) in [6.45, 7) is 0.473. The number of nitrogens with zero attached hydrogens (tertiary/aromatic N) is 1. The molecule has 1 heterocycles. The highest BCUT2D eigenvalue weighted by atomic mass is 16.3. The van der Waals surface area contributed by atoms with Crippen molar-refractivity contribution in [2.24, 2.45) is 11.5 Å². The molecule has 114 valence electrons. The fourth-order valence-corrected chi connectivity index (χ4v) is 2.58. The van der Waals surface area contributed by atoms with E-state index in [1.165, 1.54) is 17.0 Å². The zero-order chi connectivity index (χ0) is 15.6. The molecule has 2 amide bonds. The molecule has 7 nitrogen and oxygen atoms in total. The van der Waals surface area contributed by atoms with Crippen molar-refractivity contribution in [3.63, 3.8) is 0 Å². The fourth-order valence-electron chi connectivity index (χ4n) is 2.58. The Balaban J connectivity index is 2.05. The molecule has 6 N–H and O–H groups in total. The van der Waals surface area contributed by atoms with Crippen molar-refractivity contribution in [3.05, 3.63) is 23.8 Å². The van der Waals surface area contributed by atoms with E-state index in [9.17, 15) is 19.8 Å². The van der Waals surface area contributed by atoms with Gasteiger partial charge < -0.3 is 26.6 Å². The molecule has 0 aliphatic carbocycles. The Morgan fingerprint density at radius 2 is 2.05 bits per heavy atom. The summed E-state index contributed by atoms with van der Waals surface area (Å²) in [6.07, 6.45) is 1.49. The SMILES string of the molecule is NC(=O)[C@@H]1CCCN1C(=O)[C@@H](N)Cc1ccc(O)c(O)c1. The minimum atomic E-state index is -0.825. The summed E-state index contributed by atoms with van der Waals surface area (Å²) < 4.78 is 0. The third kappa shape index (κ3) is 3.25. The van der Waals surface area contributed by atoms with Gasteiger partial charge in [0.05, 0.1) is 6.04 Å². The van der Waals surface area contributed by atoms with Crippen molar-refractivity contribution in [2.45, 2.75) is 31.3 Å². The number of primary amides is 1. The number of benzene rings is 1. The van der Waals surface area contributed by atoms with E-state index in [0.29, 0.717) is 18.5 Å². The number of likely N-dealkylation sites (tertiary alicyclic amines) is 1. The minimum absolute atomic E-state index is 0.203. The van der Waals surface area contributed by atoms with Crippen LogP contribution in [0, 0.1) is 0 Å². The van der Waals surface area contributed by atoms with Crippen LogP contribution in [0.15, 0.2) is 18.2 Å². The second kappa shape index (κ2) is 6.01. The number of phenols is 2. The first-order chi connectivity index (χ1) is 9.90. The summed E-state index contributed by atoms with van der Waals surface area (Å²) >= 11 is 0. The second-order valence-corrected chi connectivity index (χ2v) is 5.23. The summed E-state index contributed by atoms with van der Waals surface area (Å²) in [6, 6.07) is 2.87. The van der Waals surface area contributed by atoms with Gasteiger partial charge in [0.1, 0.15) is 6.04 Å². The Kier molecular flexibility index (Phi) is 4.32. The number of nitrogens with two attached hydrogens (primary N) is 2. The zero-order valence-corrected chi connectivity index (χ0v) is 11.5. The van der Waals surface area contributed by atoms with E-state index in [0.717, 1.165) is 6.42 Å². The molecule has 0 unspecified atom stereocenters. The molecule has 1 aromatic rings. The van der Waals surface area contributed by atoms with Gasteiger partial charge in [0.15, 0.2) is 11.5 Å². The van der Waals surface area contributed by atoms with Gasteiger partial charge in [0.25, 0.3) is 0 Å². The summed E-state index contributed by atoms with van der Waals surface area (Å²) in [7, 11) is 0. The quantitative estimate of drug-likeness (QED) is 0.553. The van der Waals surface area contributed by atoms with E-state index in [1.807, 2.05) is 0 Å². The van der Waals surface area contributed by atoms with Crippen LogP contribution in [0.25, 0.3) is 0 Å². The highest BCUT2D eigenvalue weighted by molar-refractivity contribution is 5.89. The first kappa shape index (κ1) is 15.1. The summed E-state index contributed by atoms with van der Waals surface area (Å²) in [5, 5.41) is 18.7. The molecule has 0 aromatic heterocycles. The van der Waals surface area contributed by atoms with Crippen LogP contribution in [0.4, 0.5) is 0 Å². The number of amides is 2. The van der Waals surface area contributed by atoms with E-state index in [4.69, 9.17) is 11.5 Å². The lowest BCUT2D eigenvalue weighted by atomic mass is 10.0. The van der Waals surface area contributed by atoms with Gasteiger partial charge in [-0.1, -0.05) is 6.07 Å². The zero-order valence-electron chi connectivity index (χ0n) is 11.5. The summed E-state index contributed by atoms with van der Waals surface area (Å²) in [5.41, 5.74) is 11.8. The van der Waals surface area contributed by atoms with Gasteiger partial charge in [-0.05, 0) is 37.0 Å². The third-order valence-corrected chi connectivity index (χ3v) is 3.68. The number of rotatable bonds is 4. The smallest absolute Gasteiger partial charge is 0.240 e. The molecule has 1 aliphatic heterocycles. The normalized spacial score (nSPS) is 19.5. The number of hydrogen-bond donors (Lipinski definition) is 4. The first-order valence-corrected chi connectivity index (χ1v) is 6.76. The standard InChI is InChI=1S/C14H19N3O4/c15-9(6-8-3-4-11(18)12(19)7-8)14(21)17-5-1-2-10(17)13(16)20/h3-4,7,9-10,18-19H,1-2,5-6,15H2,(H2,16,20)/t9-,10-/m0/s1. The highest BCUT2D eigenvalue weighted by Gasteiger charge is 2.34. The Labute approximate surface area is 122 Å². The third-order valence-electron chi connectivity index (χ3n) is 3.68. The molecule has 7 heteroatoms. The lowest BCUT2D eigenvalue weighted by Gasteiger charge is -2.25. The van der Waals surface area contributed by atoms with Crippen LogP contribution in [0.3, 0.4) is 0 Å². The van der Waals surface area contributed by atoms with Crippen LogP contribution in [0.2, 0.25) is 0 Å². The molecule has 1 saturated heterocycles. The molecule has 1 fully saturated rings. The van der Waals surface area contributed by atoms with E-state index >= 15 is 0 Å². The van der Waals surface area contributed by atoms with E-state index in [2.05, 4.69) is 0 Å². The van der Waals surface area contributed by atoms with Crippen molar-refractivity contribution < 1.29 is 19.8 Å². The summed E-state index contributed by atoms with van der Waals surface area (Å²) in [5.74, 6) is -1.34. The molecule has 0 radical (unpaired) electrons. The van der Waals surface area contributed by atoms with Crippen molar-refractivity contribution in [1.29, 1.82) is 0 Å². The number of carbonyl (C=O) groups is 2. The predicted molar refractivity (Wildman–Crippen MR) is 75.4 cm³/mol. The van der Waals surface area contributed by atoms with Gasteiger partial charge in [-0.2, -0.15) is 0 Å². The Hall–Kier alpha value is -2.28.